The predicted octanol–water partition coefficient (Wildman–Crippen LogP) is 3.49. The monoisotopic (exact) mass is 381 g/mol. The zero-order chi connectivity index (χ0) is 19.5. The molecule has 2 N–H and O–H groups in total. The average Bonchev–Trinajstić information content (AvgIpc) is 3.38. The van der Waals surface area contributed by atoms with E-state index in [1.807, 2.05) is 0 Å². The summed E-state index contributed by atoms with van der Waals surface area (Å²) in [6.07, 6.45) is 4.03. The van der Waals surface area contributed by atoms with Crippen LogP contribution in [-0.4, -0.2) is 35.8 Å². The van der Waals surface area contributed by atoms with Crippen molar-refractivity contribution >= 4 is 17.5 Å². The van der Waals surface area contributed by atoms with E-state index in [1.165, 1.54) is 12.1 Å². The van der Waals surface area contributed by atoms with E-state index in [1.54, 1.807) is 36.4 Å². The molecule has 6 heteroatoms. The second-order valence-electron chi connectivity index (χ2n) is 7.56. The lowest BCUT2D eigenvalue weighted by molar-refractivity contribution is -0.117. The first kappa shape index (κ1) is 18.6. The van der Waals surface area contributed by atoms with E-state index in [0.29, 0.717) is 17.3 Å². The Bertz CT molecular complexity index is 864. The Balaban J connectivity index is 1.37. The molecule has 1 aliphatic heterocycles. The summed E-state index contributed by atoms with van der Waals surface area (Å²) in [5, 5.41) is 5.84. The molecule has 1 saturated heterocycles. The van der Waals surface area contributed by atoms with Crippen LogP contribution in [0.15, 0.2) is 48.5 Å². The van der Waals surface area contributed by atoms with Gasteiger partial charge in [-0.2, -0.15) is 0 Å². The summed E-state index contributed by atoms with van der Waals surface area (Å²) in [5.41, 5.74) is 2.20. The Morgan fingerprint density at radius 2 is 1.86 bits per heavy atom. The first-order valence-corrected chi connectivity index (χ1v) is 9.79. The molecule has 4 rings (SSSR count). The van der Waals surface area contributed by atoms with Gasteiger partial charge < -0.3 is 10.6 Å². The van der Waals surface area contributed by atoms with E-state index >= 15 is 0 Å². The smallest absolute Gasteiger partial charge is 0.251 e. The maximum atomic E-state index is 13.2. The van der Waals surface area contributed by atoms with Crippen molar-refractivity contribution in [3.8, 4) is 0 Å². The molecule has 2 fully saturated rings. The SMILES string of the molecule is O=C(CN1CCCC1c1ccc(F)cc1)Nc1cccc(C(=O)NC2CC2)c1. The molecular weight excluding hydrogens is 357 g/mol. The highest BCUT2D eigenvalue weighted by molar-refractivity contribution is 5.97. The molecule has 2 amide bonds. The number of hydrogen-bond donors (Lipinski definition) is 2. The number of rotatable bonds is 6. The Hall–Kier alpha value is -2.73. The second kappa shape index (κ2) is 8.10. The van der Waals surface area contributed by atoms with E-state index in [2.05, 4.69) is 15.5 Å². The summed E-state index contributed by atoms with van der Waals surface area (Å²) in [4.78, 5) is 26.8. The summed E-state index contributed by atoms with van der Waals surface area (Å²) in [7, 11) is 0. The largest absolute Gasteiger partial charge is 0.349 e. The van der Waals surface area contributed by atoms with Crippen molar-refractivity contribution < 1.29 is 14.0 Å². The molecule has 1 atom stereocenters. The number of hydrogen-bond acceptors (Lipinski definition) is 3. The number of anilines is 1. The van der Waals surface area contributed by atoms with Gasteiger partial charge in [0.25, 0.3) is 5.91 Å². The van der Waals surface area contributed by atoms with Gasteiger partial charge in [0.15, 0.2) is 0 Å². The Kier molecular flexibility index (Phi) is 5.39. The summed E-state index contributed by atoms with van der Waals surface area (Å²) in [5.74, 6) is -0.472. The molecule has 1 unspecified atom stereocenters. The van der Waals surface area contributed by atoms with E-state index < -0.39 is 0 Å². The van der Waals surface area contributed by atoms with Crippen LogP contribution in [0, 0.1) is 5.82 Å². The van der Waals surface area contributed by atoms with Gasteiger partial charge in [-0.1, -0.05) is 18.2 Å². The molecular formula is C22H24FN3O2. The lowest BCUT2D eigenvalue weighted by Gasteiger charge is -2.24. The van der Waals surface area contributed by atoms with Gasteiger partial charge in [-0.05, 0) is 68.1 Å². The highest BCUT2D eigenvalue weighted by Crippen LogP contribution is 2.31. The van der Waals surface area contributed by atoms with Crippen molar-refractivity contribution in [3.05, 3.63) is 65.5 Å². The van der Waals surface area contributed by atoms with Gasteiger partial charge >= 0.3 is 0 Å². The Morgan fingerprint density at radius 3 is 2.61 bits per heavy atom. The van der Waals surface area contributed by atoms with Crippen LogP contribution >= 0.6 is 0 Å². The van der Waals surface area contributed by atoms with Crippen LogP contribution in [0.3, 0.4) is 0 Å². The van der Waals surface area contributed by atoms with E-state index in [9.17, 15) is 14.0 Å². The fourth-order valence-electron chi connectivity index (χ4n) is 3.70. The van der Waals surface area contributed by atoms with Crippen molar-refractivity contribution in [2.24, 2.45) is 0 Å². The summed E-state index contributed by atoms with van der Waals surface area (Å²) >= 11 is 0. The quantitative estimate of drug-likeness (QED) is 0.805. The number of halogens is 1. The molecule has 1 aliphatic carbocycles. The molecule has 5 nitrogen and oxygen atoms in total. The minimum absolute atomic E-state index is 0.102. The number of carbonyl (C=O) groups is 2. The van der Waals surface area contributed by atoms with Gasteiger partial charge in [0.2, 0.25) is 5.91 Å². The normalized spacial score (nSPS) is 19.4. The second-order valence-corrected chi connectivity index (χ2v) is 7.56. The number of benzene rings is 2. The number of amides is 2. The zero-order valence-electron chi connectivity index (χ0n) is 15.7. The molecule has 1 saturated carbocycles. The number of nitrogens with one attached hydrogen (secondary N) is 2. The van der Waals surface area contributed by atoms with Gasteiger partial charge in [-0.15, -0.1) is 0 Å². The van der Waals surface area contributed by atoms with Gasteiger partial charge in [0.1, 0.15) is 5.82 Å². The first-order valence-electron chi connectivity index (χ1n) is 9.79. The highest BCUT2D eigenvalue weighted by atomic mass is 19.1. The third-order valence-corrected chi connectivity index (χ3v) is 5.29. The molecule has 0 aromatic heterocycles. The molecule has 2 aromatic rings. The fraction of sp³-hybridized carbons (Fsp3) is 0.364. The van der Waals surface area contributed by atoms with Gasteiger partial charge in [0.05, 0.1) is 6.54 Å². The van der Waals surface area contributed by atoms with Crippen LogP contribution < -0.4 is 10.6 Å². The average molecular weight is 381 g/mol. The topological polar surface area (TPSA) is 61.4 Å². The minimum Gasteiger partial charge on any atom is -0.349 e. The molecule has 1 heterocycles. The van der Waals surface area contributed by atoms with Crippen LogP contribution in [0.1, 0.15) is 47.6 Å². The van der Waals surface area contributed by atoms with Crippen molar-refractivity contribution in [1.82, 2.24) is 10.2 Å². The maximum absolute atomic E-state index is 13.2. The number of carbonyl (C=O) groups excluding carboxylic acids is 2. The van der Waals surface area contributed by atoms with E-state index in [-0.39, 0.29) is 30.2 Å². The van der Waals surface area contributed by atoms with E-state index in [0.717, 1.165) is 37.8 Å². The standard InChI is InChI=1S/C22H24FN3O2/c23-17-8-6-15(7-9-17)20-5-2-12-26(20)14-21(27)24-19-4-1-3-16(13-19)22(28)25-18-10-11-18/h1,3-4,6-9,13,18,20H,2,5,10-12,14H2,(H,24,27)(H,25,28). The molecule has 0 radical (unpaired) electrons. The summed E-state index contributed by atoms with van der Waals surface area (Å²) in [6.45, 7) is 1.10. The predicted molar refractivity (Wildman–Crippen MR) is 106 cm³/mol. The third kappa shape index (κ3) is 4.57. The molecule has 28 heavy (non-hydrogen) atoms. The van der Waals surface area contributed by atoms with Crippen LogP contribution in [0.5, 0.6) is 0 Å². The van der Waals surface area contributed by atoms with Crippen molar-refractivity contribution in [2.45, 2.75) is 37.8 Å². The van der Waals surface area contributed by atoms with Gasteiger partial charge in [-0.25, -0.2) is 4.39 Å². The van der Waals surface area contributed by atoms with Gasteiger partial charge in [0, 0.05) is 23.3 Å². The van der Waals surface area contributed by atoms with Crippen LogP contribution in [0.25, 0.3) is 0 Å². The van der Waals surface area contributed by atoms with Crippen molar-refractivity contribution in [1.29, 1.82) is 0 Å². The minimum atomic E-state index is -0.253. The van der Waals surface area contributed by atoms with Crippen LogP contribution in [-0.2, 0) is 4.79 Å². The van der Waals surface area contributed by atoms with Crippen LogP contribution in [0.4, 0.5) is 10.1 Å². The van der Waals surface area contributed by atoms with Gasteiger partial charge in [-0.3, -0.25) is 14.5 Å². The lowest BCUT2D eigenvalue weighted by atomic mass is 10.0. The fourth-order valence-corrected chi connectivity index (χ4v) is 3.70. The molecule has 2 aliphatic rings. The zero-order valence-corrected chi connectivity index (χ0v) is 15.7. The Morgan fingerprint density at radius 1 is 1.07 bits per heavy atom. The number of likely N-dealkylation sites (tertiary alicyclic amines) is 1. The molecule has 0 bridgehead atoms. The third-order valence-electron chi connectivity index (χ3n) is 5.29. The summed E-state index contributed by atoms with van der Waals surface area (Å²) in [6, 6.07) is 13.9. The summed E-state index contributed by atoms with van der Waals surface area (Å²) < 4.78 is 13.2. The van der Waals surface area contributed by atoms with Crippen LogP contribution in [0.2, 0.25) is 0 Å². The maximum Gasteiger partial charge on any atom is 0.251 e. The highest BCUT2D eigenvalue weighted by Gasteiger charge is 2.28. The van der Waals surface area contributed by atoms with E-state index in [4.69, 9.17) is 0 Å². The first-order chi connectivity index (χ1) is 13.6. The molecule has 146 valence electrons. The number of nitrogens with zero attached hydrogens (tertiary/aromatic N) is 1. The van der Waals surface area contributed by atoms with Crippen molar-refractivity contribution in [2.75, 3.05) is 18.4 Å². The molecule has 2 aromatic carbocycles. The lowest BCUT2D eigenvalue weighted by Crippen LogP contribution is -2.33. The molecule has 0 spiro atoms. The Labute approximate surface area is 163 Å². The van der Waals surface area contributed by atoms with Crippen molar-refractivity contribution in [3.63, 3.8) is 0 Å².